The van der Waals surface area contributed by atoms with Gasteiger partial charge in [-0.3, -0.25) is 9.93 Å². The van der Waals surface area contributed by atoms with Crippen LogP contribution in [0.1, 0.15) is 15.9 Å². The van der Waals surface area contributed by atoms with Crippen molar-refractivity contribution in [2.45, 2.75) is 11.8 Å². The Labute approximate surface area is 133 Å². The summed E-state index contributed by atoms with van der Waals surface area (Å²) < 4.78 is 0. The van der Waals surface area contributed by atoms with Crippen molar-refractivity contribution in [3.05, 3.63) is 71.8 Å². The molecule has 0 unspecified atom stereocenters. The zero-order valence-electron chi connectivity index (χ0n) is 12.2. The minimum absolute atomic E-state index is 0.101. The number of aryl methyl sites for hydroxylation is 1. The predicted molar refractivity (Wildman–Crippen MR) is 93.1 cm³/mol. The van der Waals surface area contributed by atoms with Crippen LogP contribution in [-0.2, 0) is 0 Å². The fourth-order valence-corrected chi connectivity index (χ4v) is 2.95. The van der Waals surface area contributed by atoms with Crippen LogP contribution >= 0.6 is 11.9 Å². The Kier molecular flexibility index (Phi) is 4.13. The highest BCUT2D eigenvalue weighted by Gasteiger charge is 2.11. The number of carbonyl (C=O) groups is 1. The van der Waals surface area contributed by atoms with Crippen molar-refractivity contribution in [2.75, 3.05) is 5.32 Å². The molecule has 4 heteroatoms. The van der Waals surface area contributed by atoms with Gasteiger partial charge in [0.2, 0.25) is 0 Å². The third-order valence-corrected chi connectivity index (χ3v) is 4.26. The summed E-state index contributed by atoms with van der Waals surface area (Å²) in [5.74, 6) is -0.101. The maximum absolute atomic E-state index is 12.5. The normalized spacial score (nSPS) is 10.6. The van der Waals surface area contributed by atoms with Gasteiger partial charge in [0.25, 0.3) is 5.91 Å². The maximum Gasteiger partial charge on any atom is 0.255 e. The standard InChI is InChI=1S/C18H16N2OS/c1-12-6-2-3-7-13(12)18(21)20-16-10-11-17(22-19)15-9-5-4-8-14(15)16/h2-11H,19H2,1H3,(H,20,21). The van der Waals surface area contributed by atoms with Crippen LogP contribution in [0.4, 0.5) is 5.69 Å². The van der Waals surface area contributed by atoms with Crippen molar-refractivity contribution in [3.8, 4) is 0 Å². The summed E-state index contributed by atoms with van der Waals surface area (Å²) in [5, 5.41) is 10.7. The lowest BCUT2D eigenvalue weighted by Gasteiger charge is -2.12. The van der Waals surface area contributed by atoms with Gasteiger partial charge in [-0.15, -0.1) is 0 Å². The number of nitrogens with two attached hydrogens (primary N) is 1. The second-order valence-electron chi connectivity index (χ2n) is 5.04. The number of amides is 1. The van der Waals surface area contributed by atoms with E-state index in [9.17, 15) is 4.79 Å². The molecule has 0 saturated heterocycles. The Morgan fingerprint density at radius 3 is 2.36 bits per heavy atom. The molecule has 0 heterocycles. The SMILES string of the molecule is Cc1ccccc1C(=O)Nc1ccc(SN)c2ccccc12. The minimum Gasteiger partial charge on any atom is -0.321 e. The van der Waals surface area contributed by atoms with Gasteiger partial charge >= 0.3 is 0 Å². The number of benzene rings is 3. The van der Waals surface area contributed by atoms with E-state index in [1.165, 1.54) is 11.9 Å². The average Bonchev–Trinajstić information content (AvgIpc) is 2.55. The smallest absolute Gasteiger partial charge is 0.255 e. The molecule has 0 spiro atoms. The van der Waals surface area contributed by atoms with Crippen LogP contribution in [-0.4, -0.2) is 5.91 Å². The summed E-state index contributed by atoms with van der Waals surface area (Å²) >= 11 is 1.21. The monoisotopic (exact) mass is 308 g/mol. The van der Waals surface area contributed by atoms with E-state index in [1.807, 2.05) is 67.6 Å². The van der Waals surface area contributed by atoms with E-state index in [0.717, 1.165) is 26.9 Å². The van der Waals surface area contributed by atoms with E-state index < -0.39 is 0 Å². The summed E-state index contributed by atoms with van der Waals surface area (Å²) in [5.41, 5.74) is 2.43. The molecule has 1 amide bonds. The fraction of sp³-hybridized carbons (Fsp3) is 0.0556. The first-order valence-corrected chi connectivity index (χ1v) is 7.84. The third kappa shape index (κ3) is 2.71. The molecule has 0 bridgehead atoms. The molecule has 3 aromatic rings. The second-order valence-corrected chi connectivity index (χ2v) is 5.72. The van der Waals surface area contributed by atoms with Crippen molar-refractivity contribution in [1.82, 2.24) is 0 Å². The lowest BCUT2D eigenvalue weighted by atomic mass is 10.1. The van der Waals surface area contributed by atoms with Crippen LogP contribution in [0.15, 0.2) is 65.6 Å². The van der Waals surface area contributed by atoms with Crippen molar-refractivity contribution < 1.29 is 4.79 Å². The predicted octanol–water partition coefficient (Wildman–Crippen LogP) is 4.37. The number of anilines is 1. The van der Waals surface area contributed by atoms with Gasteiger partial charge in [0.1, 0.15) is 0 Å². The molecule has 0 aliphatic rings. The Morgan fingerprint density at radius 2 is 1.64 bits per heavy atom. The number of hydrogen-bond donors (Lipinski definition) is 2. The second kappa shape index (κ2) is 6.22. The van der Waals surface area contributed by atoms with Crippen molar-refractivity contribution in [2.24, 2.45) is 5.14 Å². The molecule has 3 nitrogen and oxygen atoms in total. The van der Waals surface area contributed by atoms with Gasteiger partial charge in [0.15, 0.2) is 0 Å². The third-order valence-electron chi connectivity index (χ3n) is 3.65. The summed E-state index contributed by atoms with van der Waals surface area (Å²) in [6.45, 7) is 1.93. The highest BCUT2D eigenvalue weighted by molar-refractivity contribution is 7.97. The minimum atomic E-state index is -0.101. The Morgan fingerprint density at radius 1 is 0.955 bits per heavy atom. The van der Waals surface area contributed by atoms with Gasteiger partial charge in [-0.2, -0.15) is 0 Å². The van der Waals surface area contributed by atoms with Gasteiger partial charge in [-0.05, 0) is 48.0 Å². The van der Waals surface area contributed by atoms with Crippen LogP contribution in [0.5, 0.6) is 0 Å². The number of carbonyl (C=O) groups excluding carboxylic acids is 1. The zero-order valence-corrected chi connectivity index (χ0v) is 13.0. The number of fused-ring (bicyclic) bond motifs is 1. The Hall–Kier alpha value is -2.30. The first kappa shape index (κ1) is 14.6. The number of rotatable bonds is 3. The number of hydrogen-bond acceptors (Lipinski definition) is 3. The first-order valence-electron chi connectivity index (χ1n) is 6.96. The molecule has 0 saturated carbocycles. The van der Waals surface area contributed by atoms with Gasteiger partial charge in [-0.1, -0.05) is 42.5 Å². The van der Waals surface area contributed by atoms with Crippen LogP contribution < -0.4 is 10.5 Å². The molecule has 0 atom stereocenters. The summed E-state index contributed by atoms with van der Waals surface area (Å²) in [6.07, 6.45) is 0. The molecule has 110 valence electrons. The lowest BCUT2D eigenvalue weighted by Crippen LogP contribution is -2.13. The van der Waals surface area contributed by atoms with Crippen molar-refractivity contribution in [3.63, 3.8) is 0 Å². The van der Waals surface area contributed by atoms with Crippen molar-refractivity contribution in [1.29, 1.82) is 0 Å². The quantitative estimate of drug-likeness (QED) is 0.707. The van der Waals surface area contributed by atoms with Crippen LogP contribution in [0.25, 0.3) is 10.8 Å². The molecular formula is C18H16N2OS. The van der Waals surface area contributed by atoms with Gasteiger partial charge in [-0.25, -0.2) is 0 Å². The summed E-state index contributed by atoms with van der Waals surface area (Å²) in [4.78, 5) is 13.5. The molecular weight excluding hydrogens is 292 g/mol. The van der Waals surface area contributed by atoms with E-state index in [-0.39, 0.29) is 5.91 Å². The largest absolute Gasteiger partial charge is 0.321 e. The van der Waals surface area contributed by atoms with Crippen LogP contribution in [0.2, 0.25) is 0 Å². The maximum atomic E-state index is 12.5. The molecule has 3 aromatic carbocycles. The number of nitrogens with one attached hydrogen (secondary N) is 1. The topological polar surface area (TPSA) is 55.1 Å². The van der Waals surface area contributed by atoms with E-state index in [2.05, 4.69) is 5.32 Å². The molecule has 3 rings (SSSR count). The molecule has 0 fully saturated rings. The highest BCUT2D eigenvalue weighted by Crippen LogP contribution is 2.31. The van der Waals surface area contributed by atoms with Crippen molar-refractivity contribution >= 4 is 34.3 Å². The van der Waals surface area contributed by atoms with E-state index in [4.69, 9.17) is 5.14 Å². The van der Waals surface area contributed by atoms with Crippen LogP contribution in [0, 0.1) is 6.92 Å². The van der Waals surface area contributed by atoms with Gasteiger partial charge in [0, 0.05) is 21.5 Å². The van der Waals surface area contributed by atoms with Gasteiger partial charge < -0.3 is 5.32 Å². The Bertz CT molecular complexity index is 845. The molecule has 0 aliphatic heterocycles. The molecule has 3 N–H and O–H groups in total. The zero-order chi connectivity index (χ0) is 15.5. The molecule has 22 heavy (non-hydrogen) atoms. The van der Waals surface area contributed by atoms with Gasteiger partial charge in [0.05, 0.1) is 0 Å². The Balaban J connectivity index is 2.01. The van der Waals surface area contributed by atoms with E-state index >= 15 is 0 Å². The lowest BCUT2D eigenvalue weighted by molar-refractivity contribution is 0.102. The van der Waals surface area contributed by atoms with E-state index in [0.29, 0.717) is 5.56 Å². The molecule has 0 aromatic heterocycles. The molecule has 0 aliphatic carbocycles. The average molecular weight is 308 g/mol. The first-order chi connectivity index (χ1) is 10.7. The molecule has 0 radical (unpaired) electrons. The fourth-order valence-electron chi connectivity index (χ4n) is 2.50. The van der Waals surface area contributed by atoms with E-state index in [1.54, 1.807) is 0 Å². The highest BCUT2D eigenvalue weighted by atomic mass is 32.2. The summed E-state index contributed by atoms with van der Waals surface area (Å²) in [7, 11) is 0. The van der Waals surface area contributed by atoms with Crippen LogP contribution in [0.3, 0.4) is 0 Å². The summed E-state index contributed by atoms with van der Waals surface area (Å²) in [6, 6.07) is 19.3.